The lowest BCUT2D eigenvalue weighted by molar-refractivity contribution is 0.450. The number of hydrogen-bond donors (Lipinski definition) is 0. The Morgan fingerprint density at radius 2 is 2.07 bits per heavy atom. The SMILES string of the molecule is Fc1cncc(Oc2ncncc2Br)c1. The van der Waals surface area contributed by atoms with Gasteiger partial charge in [-0.3, -0.25) is 4.98 Å². The second kappa shape index (κ2) is 4.31. The van der Waals surface area contributed by atoms with Crippen LogP contribution in [0.2, 0.25) is 0 Å². The van der Waals surface area contributed by atoms with E-state index in [1.807, 2.05) is 0 Å². The first-order valence-corrected chi connectivity index (χ1v) is 4.79. The van der Waals surface area contributed by atoms with Gasteiger partial charge in [-0.15, -0.1) is 0 Å². The summed E-state index contributed by atoms with van der Waals surface area (Å²) in [5.41, 5.74) is 0. The topological polar surface area (TPSA) is 47.9 Å². The van der Waals surface area contributed by atoms with E-state index >= 15 is 0 Å². The van der Waals surface area contributed by atoms with E-state index in [0.29, 0.717) is 10.4 Å². The molecule has 0 saturated carbocycles. The highest BCUT2D eigenvalue weighted by molar-refractivity contribution is 9.10. The van der Waals surface area contributed by atoms with Crippen molar-refractivity contribution in [2.45, 2.75) is 0 Å². The van der Waals surface area contributed by atoms with Gasteiger partial charge in [-0.1, -0.05) is 0 Å². The quantitative estimate of drug-likeness (QED) is 0.841. The second-order valence-corrected chi connectivity index (χ2v) is 3.47. The number of nitrogens with zero attached hydrogens (tertiary/aromatic N) is 3. The average molecular weight is 270 g/mol. The van der Waals surface area contributed by atoms with Crippen LogP contribution in [0.1, 0.15) is 0 Å². The van der Waals surface area contributed by atoms with E-state index in [0.717, 1.165) is 6.20 Å². The molecular weight excluding hydrogens is 265 g/mol. The summed E-state index contributed by atoms with van der Waals surface area (Å²) in [4.78, 5) is 11.3. The zero-order valence-corrected chi connectivity index (χ0v) is 8.98. The van der Waals surface area contributed by atoms with Crippen LogP contribution in [-0.4, -0.2) is 15.0 Å². The number of hydrogen-bond acceptors (Lipinski definition) is 4. The molecule has 0 radical (unpaired) electrons. The molecule has 0 bridgehead atoms. The van der Waals surface area contributed by atoms with Crippen molar-refractivity contribution in [3.8, 4) is 11.6 Å². The van der Waals surface area contributed by atoms with Gasteiger partial charge in [0.2, 0.25) is 5.88 Å². The van der Waals surface area contributed by atoms with Gasteiger partial charge in [0.1, 0.15) is 12.1 Å². The molecule has 2 aromatic heterocycles. The lowest BCUT2D eigenvalue weighted by Gasteiger charge is -2.04. The molecule has 15 heavy (non-hydrogen) atoms. The predicted molar refractivity (Wildman–Crippen MR) is 54.0 cm³/mol. The van der Waals surface area contributed by atoms with Crippen LogP contribution in [0.25, 0.3) is 0 Å². The average Bonchev–Trinajstić information content (AvgIpc) is 2.22. The summed E-state index contributed by atoms with van der Waals surface area (Å²) in [7, 11) is 0. The van der Waals surface area contributed by atoms with Gasteiger partial charge >= 0.3 is 0 Å². The lowest BCUT2D eigenvalue weighted by atomic mass is 10.4. The maximum Gasteiger partial charge on any atom is 0.236 e. The minimum atomic E-state index is -0.460. The van der Waals surface area contributed by atoms with Crippen LogP contribution in [0.3, 0.4) is 0 Å². The molecule has 0 fully saturated rings. The smallest absolute Gasteiger partial charge is 0.236 e. The zero-order chi connectivity index (χ0) is 10.7. The van der Waals surface area contributed by atoms with E-state index in [-0.39, 0.29) is 5.75 Å². The number of aromatic nitrogens is 3. The third-order valence-corrected chi connectivity index (χ3v) is 2.07. The van der Waals surface area contributed by atoms with Crippen molar-refractivity contribution in [2.75, 3.05) is 0 Å². The molecule has 0 aliphatic rings. The van der Waals surface area contributed by atoms with Crippen molar-refractivity contribution in [3.63, 3.8) is 0 Å². The largest absolute Gasteiger partial charge is 0.436 e. The molecule has 0 saturated heterocycles. The summed E-state index contributed by atoms with van der Waals surface area (Å²) in [6.07, 6.45) is 5.38. The Morgan fingerprint density at radius 1 is 1.20 bits per heavy atom. The maximum atomic E-state index is 12.8. The van der Waals surface area contributed by atoms with Gasteiger partial charge in [-0.2, -0.15) is 0 Å². The van der Waals surface area contributed by atoms with Gasteiger partial charge in [0.05, 0.1) is 16.9 Å². The Morgan fingerprint density at radius 3 is 2.80 bits per heavy atom. The Balaban J connectivity index is 2.26. The lowest BCUT2D eigenvalue weighted by Crippen LogP contribution is -1.91. The highest BCUT2D eigenvalue weighted by Gasteiger charge is 2.04. The van der Waals surface area contributed by atoms with E-state index < -0.39 is 5.82 Å². The van der Waals surface area contributed by atoms with E-state index in [1.165, 1.54) is 24.8 Å². The first-order chi connectivity index (χ1) is 7.25. The fourth-order valence-electron chi connectivity index (χ4n) is 0.936. The fourth-order valence-corrected chi connectivity index (χ4v) is 1.24. The molecule has 2 aromatic rings. The van der Waals surface area contributed by atoms with Crippen LogP contribution >= 0.6 is 15.9 Å². The minimum absolute atomic E-state index is 0.286. The monoisotopic (exact) mass is 269 g/mol. The molecule has 0 aromatic carbocycles. The summed E-state index contributed by atoms with van der Waals surface area (Å²) in [6, 6.07) is 1.22. The number of halogens is 2. The van der Waals surface area contributed by atoms with Gasteiger partial charge in [0.25, 0.3) is 0 Å². The Hall–Kier alpha value is -1.56. The summed E-state index contributed by atoms with van der Waals surface area (Å²) >= 11 is 3.21. The first-order valence-electron chi connectivity index (χ1n) is 3.99. The molecule has 76 valence electrons. The summed E-state index contributed by atoms with van der Waals surface area (Å²) in [5, 5.41) is 0. The van der Waals surface area contributed by atoms with E-state index in [4.69, 9.17) is 4.74 Å². The molecule has 0 aliphatic heterocycles. The maximum absolute atomic E-state index is 12.8. The number of pyridine rings is 1. The first kappa shape index (κ1) is 9.97. The van der Waals surface area contributed by atoms with Crippen molar-refractivity contribution in [1.29, 1.82) is 0 Å². The molecule has 2 rings (SSSR count). The van der Waals surface area contributed by atoms with Gasteiger partial charge in [-0.05, 0) is 15.9 Å². The van der Waals surface area contributed by atoms with E-state index in [2.05, 4.69) is 30.9 Å². The predicted octanol–water partition coefficient (Wildman–Crippen LogP) is 2.57. The molecule has 0 N–H and O–H groups in total. The molecule has 0 aliphatic carbocycles. The highest BCUT2D eigenvalue weighted by atomic mass is 79.9. The molecular formula is C9H5BrFN3O. The van der Waals surface area contributed by atoms with Gasteiger partial charge < -0.3 is 4.74 Å². The normalized spacial score (nSPS) is 10.0. The van der Waals surface area contributed by atoms with Gasteiger partial charge in [0, 0.05) is 12.3 Å². The van der Waals surface area contributed by atoms with Crippen LogP contribution in [0.5, 0.6) is 11.6 Å². The molecule has 0 unspecified atom stereocenters. The number of rotatable bonds is 2. The fraction of sp³-hybridized carbons (Fsp3) is 0. The van der Waals surface area contributed by atoms with Crippen LogP contribution in [0, 0.1) is 5.82 Å². The Bertz CT molecular complexity index is 480. The summed E-state index contributed by atoms with van der Waals surface area (Å²) in [5.74, 6) is 0.143. The molecule has 0 atom stereocenters. The van der Waals surface area contributed by atoms with Crippen LogP contribution in [0.15, 0.2) is 35.5 Å². The van der Waals surface area contributed by atoms with Gasteiger partial charge in [-0.25, -0.2) is 14.4 Å². The van der Waals surface area contributed by atoms with Crippen molar-refractivity contribution >= 4 is 15.9 Å². The molecule has 6 heteroatoms. The van der Waals surface area contributed by atoms with Crippen LogP contribution in [0.4, 0.5) is 4.39 Å². The Kier molecular flexibility index (Phi) is 2.86. The van der Waals surface area contributed by atoms with Crippen LogP contribution in [-0.2, 0) is 0 Å². The summed E-state index contributed by atoms with van der Waals surface area (Å²) in [6.45, 7) is 0. The van der Waals surface area contributed by atoms with Crippen molar-refractivity contribution in [2.24, 2.45) is 0 Å². The highest BCUT2D eigenvalue weighted by Crippen LogP contribution is 2.25. The zero-order valence-electron chi connectivity index (χ0n) is 7.39. The van der Waals surface area contributed by atoms with Crippen molar-refractivity contribution < 1.29 is 9.13 Å². The number of ether oxygens (including phenoxy) is 1. The van der Waals surface area contributed by atoms with Crippen molar-refractivity contribution in [1.82, 2.24) is 15.0 Å². The molecule has 4 nitrogen and oxygen atoms in total. The van der Waals surface area contributed by atoms with Crippen molar-refractivity contribution in [3.05, 3.63) is 41.3 Å². The summed E-state index contributed by atoms with van der Waals surface area (Å²) < 4.78 is 18.7. The third-order valence-electron chi connectivity index (χ3n) is 1.53. The standard InChI is InChI=1S/C9H5BrFN3O/c10-8-4-13-5-14-9(8)15-7-1-6(11)2-12-3-7/h1-5H. The Labute approximate surface area is 93.3 Å². The minimum Gasteiger partial charge on any atom is -0.436 e. The van der Waals surface area contributed by atoms with Gasteiger partial charge in [0.15, 0.2) is 5.75 Å². The molecule has 0 amide bonds. The van der Waals surface area contributed by atoms with E-state index in [1.54, 1.807) is 0 Å². The second-order valence-electron chi connectivity index (χ2n) is 2.62. The molecule has 2 heterocycles. The molecule has 0 spiro atoms. The third kappa shape index (κ3) is 2.47. The van der Waals surface area contributed by atoms with Crippen LogP contribution < -0.4 is 4.74 Å². The van der Waals surface area contributed by atoms with E-state index in [9.17, 15) is 4.39 Å².